The number of hydrogen-bond donors (Lipinski definition) is 2. The summed E-state index contributed by atoms with van der Waals surface area (Å²) in [5, 5.41) is 17.4. The van der Waals surface area contributed by atoms with E-state index in [2.05, 4.69) is 31.9 Å². The molecular weight excluding hydrogens is 328 g/mol. The maximum absolute atomic E-state index is 10.7. The van der Waals surface area contributed by atoms with Crippen LogP contribution in [0.2, 0.25) is 0 Å². The van der Waals surface area contributed by atoms with Crippen LogP contribution in [0, 0.1) is 0 Å². The number of thiophene rings is 1. The van der Waals surface area contributed by atoms with E-state index in [1.807, 2.05) is 0 Å². The summed E-state index contributed by atoms with van der Waals surface area (Å²) in [7, 11) is 0. The average molecular weight is 330 g/mol. The van der Waals surface area contributed by atoms with Gasteiger partial charge < -0.3 is 10.2 Å². The fourth-order valence-electron chi connectivity index (χ4n) is 0.725. The van der Waals surface area contributed by atoms with Crippen molar-refractivity contribution >= 4 is 55.1 Å². The molecule has 1 aromatic rings. The van der Waals surface area contributed by atoms with Crippen LogP contribution in [0.15, 0.2) is 8.26 Å². The molecule has 0 aromatic carbocycles. The summed E-state index contributed by atoms with van der Waals surface area (Å²) in [5.41, 5.74) is -0.218. The average Bonchev–Trinajstić information content (AvgIpc) is 2.28. The van der Waals surface area contributed by atoms with E-state index in [0.29, 0.717) is 3.79 Å². The van der Waals surface area contributed by atoms with Gasteiger partial charge in [-0.1, -0.05) is 0 Å². The van der Waals surface area contributed by atoms with Gasteiger partial charge in [-0.15, -0.1) is 11.3 Å². The van der Waals surface area contributed by atoms with Crippen molar-refractivity contribution < 1.29 is 19.8 Å². The molecule has 0 aliphatic heterocycles. The topological polar surface area (TPSA) is 74.6 Å². The summed E-state index contributed by atoms with van der Waals surface area (Å²) in [6.07, 6.45) is 0. The first kappa shape index (κ1) is 10.7. The standard InChI is InChI=1S/C6H2Br2O4S/c7-2-1(5(9)10)3(6(11)12)13-4(2)8/h(H,9,10)(H,11,12). The summed E-state index contributed by atoms with van der Waals surface area (Å²) >= 11 is 6.90. The van der Waals surface area contributed by atoms with Gasteiger partial charge in [0.05, 0.1) is 8.26 Å². The van der Waals surface area contributed by atoms with Crippen molar-refractivity contribution in [2.45, 2.75) is 0 Å². The summed E-state index contributed by atoms with van der Waals surface area (Å²) in [4.78, 5) is 21.1. The van der Waals surface area contributed by atoms with E-state index in [0.717, 1.165) is 11.3 Å². The van der Waals surface area contributed by atoms with Crippen LogP contribution in [0.1, 0.15) is 20.0 Å². The number of aromatic carboxylic acids is 2. The second kappa shape index (κ2) is 3.77. The number of hydrogen-bond acceptors (Lipinski definition) is 3. The Hall–Kier alpha value is -0.400. The number of halogens is 2. The van der Waals surface area contributed by atoms with Crippen LogP contribution in [0.4, 0.5) is 0 Å². The molecule has 0 saturated heterocycles. The number of rotatable bonds is 2. The van der Waals surface area contributed by atoms with E-state index in [1.54, 1.807) is 0 Å². The lowest BCUT2D eigenvalue weighted by Gasteiger charge is -1.92. The van der Waals surface area contributed by atoms with Crippen LogP contribution in [0.25, 0.3) is 0 Å². The first-order valence-electron chi connectivity index (χ1n) is 2.89. The molecule has 1 heterocycles. The quantitative estimate of drug-likeness (QED) is 0.874. The highest BCUT2D eigenvalue weighted by molar-refractivity contribution is 9.13. The van der Waals surface area contributed by atoms with Crippen molar-refractivity contribution in [2.75, 3.05) is 0 Å². The van der Waals surface area contributed by atoms with E-state index < -0.39 is 11.9 Å². The van der Waals surface area contributed by atoms with E-state index in [-0.39, 0.29) is 14.9 Å². The third-order valence-electron chi connectivity index (χ3n) is 1.22. The Kier molecular flexibility index (Phi) is 3.09. The van der Waals surface area contributed by atoms with Crippen molar-refractivity contribution in [1.82, 2.24) is 0 Å². The third kappa shape index (κ3) is 1.92. The van der Waals surface area contributed by atoms with Crippen LogP contribution < -0.4 is 0 Å². The minimum absolute atomic E-state index is 0.189. The first-order chi connectivity index (χ1) is 5.95. The van der Waals surface area contributed by atoms with Crippen molar-refractivity contribution in [3.05, 3.63) is 18.7 Å². The Morgan fingerprint density at radius 3 is 2.00 bits per heavy atom. The van der Waals surface area contributed by atoms with Crippen LogP contribution in [-0.2, 0) is 0 Å². The zero-order valence-electron chi connectivity index (χ0n) is 5.88. The normalized spacial score (nSPS) is 10.0. The summed E-state index contributed by atoms with van der Waals surface area (Å²) in [6.45, 7) is 0. The van der Waals surface area contributed by atoms with Crippen LogP contribution in [0.5, 0.6) is 0 Å². The molecule has 4 nitrogen and oxygen atoms in total. The second-order valence-electron chi connectivity index (χ2n) is 2.00. The summed E-state index contributed by atoms with van der Waals surface area (Å²) in [6, 6.07) is 0. The maximum Gasteiger partial charge on any atom is 0.346 e. The number of carbonyl (C=O) groups is 2. The number of carboxylic acid groups (broad SMARTS) is 2. The summed E-state index contributed by atoms with van der Waals surface area (Å²) < 4.78 is 0.727. The molecule has 0 aliphatic rings. The smallest absolute Gasteiger partial charge is 0.346 e. The molecule has 0 spiro atoms. The van der Waals surface area contributed by atoms with E-state index in [9.17, 15) is 9.59 Å². The molecule has 1 aromatic heterocycles. The molecule has 0 aliphatic carbocycles. The molecule has 0 bridgehead atoms. The lowest BCUT2D eigenvalue weighted by Crippen LogP contribution is -2.04. The van der Waals surface area contributed by atoms with Crippen molar-refractivity contribution in [2.24, 2.45) is 0 Å². The van der Waals surface area contributed by atoms with Crippen LogP contribution in [0.3, 0.4) is 0 Å². The van der Waals surface area contributed by atoms with Gasteiger partial charge in [0.15, 0.2) is 0 Å². The minimum atomic E-state index is -1.26. The molecule has 0 radical (unpaired) electrons. The van der Waals surface area contributed by atoms with Gasteiger partial charge in [-0.05, 0) is 31.9 Å². The monoisotopic (exact) mass is 328 g/mol. The maximum atomic E-state index is 10.7. The Labute approximate surface area is 93.4 Å². The molecule has 0 fully saturated rings. The Morgan fingerprint density at radius 1 is 1.15 bits per heavy atom. The fourth-order valence-corrected chi connectivity index (χ4v) is 2.90. The molecule has 7 heteroatoms. The van der Waals surface area contributed by atoms with Gasteiger partial charge >= 0.3 is 11.9 Å². The largest absolute Gasteiger partial charge is 0.478 e. The molecule has 0 atom stereocenters. The molecule has 70 valence electrons. The van der Waals surface area contributed by atoms with Gasteiger partial charge in [0.2, 0.25) is 0 Å². The lowest BCUT2D eigenvalue weighted by molar-refractivity contribution is 0.0655. The second-order valence-corrected chi connectivity index (χ2v) is 5.14. The minimum Gasteiger partial charge on any atom is -0.478 e. The van der Waals surface area contributed by atoms with E-state index in [4.69, 9.17) is 10.2 Å². The van der Waals surface area contributed by atoms with Crippen LogP contribution >= 0.6 is 43.2 Å². The summed E-state index contributed by atoms with van der Waals surface area (Å²) in [5.74, 6) is -2.50. The molecule has 13 heavy (non-hydrogen) atoms. The van der Waals surface area contributed by atoms with E-state index >= 15 is 0 Å². The van der Waals surface area contributed by atoms with Gasteiger partial charge in [-0.2, -0.15) is 0 Å². The molecule has 1 rings (SSSR count). The predicted molar refractivity (Wildman–Crippen MR) is 53.6 cm³/mol. The van der Waals surface area contributed by atoms with Gasteiger partial charge in [-0.25, -0.2) is 9.59 Å². The van der Waals surface area contributed by atoms with Crippen molar-refractivity contribution in [3.63, 3.8) is 0 Å². The Morgan fingerprint density at radius 2 is 1.69 bits per heavy atom. The predicted octanol–water partition coefficient (Wildman–Crippen LogP) is 2.67. The molecule has 2 N–H and O–H groups in total. The zero-order valence-corrected chi connectivity index (χ0v) is 9.86. The highest BCUT2D eigenvalue weighted by atomic mass is 79.9. The molecule has 0 amide bonds. The third-order valence-corrected chi connectivity index (χ3v) is 4.65. The number of carboxylic acids is 2. The van der Waals surface area contributed by atoms with Crippen molar-refractivity contribution in [1.29, 1.82) is 0 Å². The zero-order chi connectivity index (χ0) is 10.2. The Balaban J connectivity index is 3.44. The molecule has 0 saturated carbocycles. The lowest BCUT2D eigenvalue weighted by atomic mass is 10.2. The fraction of sp³-hybridized carbons (Fsp3) is 0. The van der Waals surface area contributed by atoms with Gasteiger partial charge in [0.25, 0.3) is 0 Å². The van der Waals surface area contributed by atoms with Gasteiger partial charge in [0.1, 0.15) is 10.4 Å². The SMILES string of the molecule is O=C(O)c1sc(Br)c(Br)c1C(=O)O. The molecule has 0 unspecified atom stereocenters. The van der Waals surface area contributed by atoms with Crippen LogP contribution in [-0.4, -0.2) is 22.2 Å². The van der Waals surface area contributed by atoms with Crippen molar-refractivity contribution in [3.8, 4) is 0 Å². The highest BCUT2D eigenvalue weighted by Crippen LogP contribution is 2.37. The highest BCUT2D eigenvalue weighted by Gasteiger charge is 2.24. The Bertz CT molecular complexity index is 384. The van der Waals surface area contributed by atoms with E-state index in [1.165, 1.54) is 0 Å². The first-order valence-corrected chi connectivity index (χ1v) is 5.29. The molecular formula is C6H2Br2O4S. The van der Waals surface area contributed by atoms with Gasteiger partial charge in [-0.3, -0.25) is 0 Å². The van der Waals surface area contributed by atoms with Gasteiger partial charge in [0, 0.05) is 0 Å².